The van der Waals surface area contributed by atoms with E-state index in [9.17, 15) is 4.79 Å². The fourth-order valence-corrected chi connectivity index (χ4v) is 3.91. The van der Waals surface area contributed by atoms with E-state index in [0.717, 1.165) is 33.9 Å². The van der Waals surface area contributed by atoms with E-state index < -0.39 is 0 Å². The molecule has 1 aliphatic rings. The van der Waals surface area contributed by atoms with Gasteiger partial charge in [-0.1, -0.05) is 36.4 Å². The van der Waals surface area contributed by atoms with Crippen LogP contribution in [0.1, 0.15) is 32.0 Å². The number of amides is 1. The Morgan fingerprint density at radius 3 is 2.75 bits per heavy atom. The number of aromatic nitrogens is 2. The first-order valence-electron chi connectivity index (χ1n) is 9.70. The minimum Gasteiger partial charge on any atom is -0.492 e. The van der Waals surface area contributed by atoms with Crippen LogP contribution in [-0.2, 0) is 11.3 Å². The van der Waals surface area contributed by atoms with Crippen molar-refractivity contribution in [2.75, 3.05) is 18.1 Å². The van der Waals surface area contributed by atoms with Crippen LogP contribution in [0.2, 0.25) is 0 Å². The van der Waals surface area contributed by atoms with E-state index in [0.29, 0.717) is 26.1 Å². The molecule has 144 valence electrons. The van der Waals surface area contributed by atoms with Crippen LogP contribution < -0.4 is 9.64 Å². The maximum atomic E-state index is 12.9. The van der Waals surface area contributed by atoms with Crippen molar-refractivity contribution < 1.29 is 9.53 Å². The number of anilines is 1. The third-order valence-corrected chi connectivity index (χ3v) is 5.06. The molecule has 2 heterocycles. The van der Waals surface area contributed by atoms with Crippen LogP contribution in [0, 0.1) is 0 Å². The minimum absolute atomic E-state index is 0.0360. The van der Waals surface area contributed by atoms with Gasteiger partial charge in [-0.2, -0.15) is 0 Å². The van der Waals surface area contributed by atoms with Gasteiger partial charge in [0.15, 0.2) is 0 Å². The molecular weight excluding hydrogens is 350 g/mol. The predicted octanol–water partition coefficient (Wildman–Crippen LogP) is 4.53. The predicted molar refractivity (Wildman–Crippen MR) is 112 cm³/mol. The molecule has 4 rings (SSSR count). The van der Waals surface area contributed by atoms with Crippen LogP contribution in [-0.4, -0.2) is 28.6 Å². The largest absolute Gasteiger partial charge is 0.492 e. The van der Waals surface area contributed by atoms with Crippen molar-refractivity contribution in [3.05, 3.63) is 66.5 Å². The summed E-state index contributed by atoms with van der Waals surface area (Å²) in [5.41, 5.74) is 3.94. The Labute approximate surface area is 165 Å². The van der Waals surface area contributed by atoms with Gasteiger partial charge in [0.25, 0.3) is 0 Å². The summed E-state index contributed by atoms with van der Waals surface area (Å²) in [5, 5.41) is 0. The topological polar surface area (TPSA) is 47.4 Å². The first-order valence-corrected chi connectivity index (χ1v) is 9.70. The fraction of sp³-hybridized carbons (Fsp3) is 0.304. The van der Waals surface area contributed by atoms with Crippen molar-refractivity contribution in [1.29, 1.82) is 0 Å². The lowest BCUT2D eigenvalue weighted by Gasteiger charge is -2.20. The van der Waals surface area contributed by atoms with Crippen molar-refractivity contribution in [2.45, 2.75) is 32.7 Å². The number of fused-ring (bicyclic) bond motifs is 1. The molecule has 0 bridgehead atoms. The number of carbonyl (C=O) groups excluding carboxylic acids is 1. The SMILES string of the molecule is C=C(C)Cn1c(C2CC(=O)N(c3ccccc3OCC)C2)nc2ccccc21. The van der Waals surface area contributed by atoms with Crippen molar-refractivity contribution in [3.63, 3.8) is 0 Å². The minimum atomic E-state index is 0.0360. The monoisotopic (exact) mass is 375 g/mol. The van der Waals surface area contributed by atoms with Gasteiger partial charge >= 0.3 is 0 Å². The van der Waals surface area contributed by atoms with Crippen molar-refractivity contribution in [1.82, 2.24) is 9.55 Å². The molecule has 3 aromatic rings. The lowest BCUT2D eigenvalue weighted by atomic mass is 10.1. The summed E-state index contributed by atoms with van der Waals surface area (Å²) in [7, 11) is 0. The van der Waals surface area contributed by atoms with E-state index in [1.807, 2.05) is 61.2 Å². The quantitative estimate of drug-likeness (QED) is 0.595. The first-order chi connectivity index (χ1) is 13.6. The van der Waals surface area contributed by atoms with Gasteiger partial charge in [-0.3, -0.25) is 4.79 Å². The summed E-state index contributed by atoms with van der Waals surface area (Å²) in [5.74, 6) is 1.84. The van der Waals surface area contributed by atoms with Gasteiger partial charge in [-0.25, -0.2) is 4.98 Å². The molecule has 0 radical (unpaired) electrons. The Morgan fingerprint density at radius 2 is 1.96 bits per heavy atom. The Hall–Kier alpha value is -3.08. The molecule has 1 aliphatic heterocycles. The van der Waals surface area contributed by atoms with Crippen molar-refractivity contribution >= 4 is 22.6 Å². The summed E-state index contributed by atoms with van der Waals surface area (Å²) in [4.78, 5) is 19.6. The number of imidazole rings is 1. The highest BCUT2D eigenvalue weighted by atomic mass is 16.5. The first kappa shape index (κ1) is 18.3. The molecule has 0 spiro atoms. The van der Waals surface area contributed by atoms with Crippen LogP contribution >= 0.6 is 0 Å². The van der Waals surface area contributed by atoms with Gasteiger partial charge in [0.05, 0.1) is 23.3 Å². The zero-order valence-electron chi connectivity index (χ0n) is 16.4. The zero-order chi connectivity index (χ0) is 19.7. The second-order valence-corrected chi connectivity index (χ2v) is 7.31. The molecule has 2 aromatic carbocycles. The summed E-state index contributed by atoms with van der Waals surface area (Å²) in [6.07, 6.45) is 0.444. The molecule has 1 fully saturated rings. The summed E-state index contributed by atoms with van der Waals surface area (Å²) in [6, 6.07) is 15.8. The number of para-hydroxylation sites is 4. The third kappa shape index (κ3) is 3.28. The summed E-state index contributed by atoms with van der Waals surface area (Å²) >= 11 is 0. The van der Waals surface area contributed by atoms with E-state index in [4.69, 9.17) is 9.72 Å². The molecule has 5 heteroatoms. The maximum Gasteiger partial charge on any atom is 0.227 e. The normalized spacial score (nSPS) is 16.7. The standard InChI is InChI=1S/C23H25N3O2/c1-4-28-21-12-8-7-11-20(21)25-15-17(13-22(25)27)23-24-18-9-5-6-10-19(18)26(23)14-16(2)3/h5-12,17H,2,4,13-15H2,1,3H3. The molecule has 0 saturated carbocycles. The van der Waals surface area contributed by atoms with Crippen LogP contribution in [0.25, 0.3) is 11.0 Å². The average Bonchev–Trinajstić information content (AvgIpc) is 3.23. The van der Waals surface area contributed by atoms with Gasteiger partial charge < -0.3 is 14.2 Å². The Bertz CT molecular complexity index is 1040. The zero-order valence-corrected chi connectivity index (χ0v) is 16.4. The number of hydrogen-bond acceptors (Lipinski definition) is 3. The van der Waals surface area contributed by atoms with Gasteiger partial charge in [-0.15, -0.1) is 0 Å². The van der Waals surface area contributed by atoms with Crippen LogP contribution in [0.15, 0.2) is 60.7 Å². The second-order valence-electron chi connectivity index (χ2n) is 7.31. The Kier molecular flexibility index (Phi) is 4.90. The average molecular weight is 375 g/mol. The number of carbonyl (C=O) groups is 1. The van der Waals surface area contributed by atoms with Crippen LogP contribution in [0.3, 0.4) is 0 Å². The van der Waals surface area contributed by atoms with Crippen LogP contribution in [0.4, 0.5) is 5.69 Å². The number of ether oxygens (including phenoxy) is 1. The number of allylic oxidation sites excluding steroid dienone is 1. The van der Waals surface area contributed by atoms with Gasteiger partial charge in [0, 0.05) is 25.4 Å². The molecule has 1 amide bonds. The Balaban J connectivity index is 1.71. The van der Waals surface area contributed by atoms with Crippen molar-refractivity contribution in [3.8, 4) is 5.75 Å². The molecule has 1 saturated heterocycles. The smallest absolute Gasteiger partial charge is 0.227 e. The highest BCUT2D eigenvalue weighted by molar-refractivity contribution is 5.97. The molecule has 0 N–H and O–H groups in total. The molecular formula is C23H25N3O2. The van der Waals surface area contributed by atoms with Crippen LogP contribution in [0.5, 0.6) is 5.75 Å². The van der Waals surface area contributed by atoms with E-state index in [1.165, 1.54) is 0 Å². The number of rotatable bonds is 6. The van der Waals surface area contributed by atoms with E-state index >= 15 is 0 Å². The second kappa shape index (κ2) is 7.50. The molecule has 1 atom stereocenters. The van der Waals surface area contributed by atoms with Gasteiger partial charge in [0.1, 0.15) is 11.6 Å². The molecule has 0 aliphatic carbocycles. The maximum absolute atomic E-state index is 12.9. The molecule has 5 nitrogen and oxygen atoms in total. The highest BCUT2D eigenvalue weighted by Crippen LogP contribution is 2.37. The van der Waals surface area contributed by atoms with E-state index in [-0.39, 0.29) is 11.8 Å². The lowest BCUT2D eigenvalue weighted by Crippen LogP contribution is -2.25. The van der Waals surface area contributed by atoms with E-state index in [2.05, 4.69) is 17.2 Å². The van der Waals surface area contributed by atoms with E-state index in [1.54, 1.807) is 0 Å². The summed E-state index contributed by atoms with van der Waals surface area (Å²) < 4.78 is 7.94. The third-order valence-electron chi connectivity index (χ3n) is 5.06. The molecule has 1 aromatic heterocycles. The number of nitrogens with zero attached hydrogens (tertiary/aromatic N) is 3. The number of benzene rings is 2. The van der Waals surface area contributed by atoms with Crippen molar-refractivity contribution in [2.24, 2.45) is 0 Å². The highest BCUT2D eigenvalue weighted by Gasteiger charge is 2.35. The molecule has 1 unspecified atom stereocenters. The lowest BCUT2D eigenvalue weighted by molar-refractivity contribution is -0.117. The Morgan fingerprint density at radius 1 is 1.21 bits per heavy atom. The summed E-state index contributed by atoms with van der Waals surface area (Å²) in [6.45, 7) is 9.91. The molecule has 28 heavy (non-hydrogen) atoms. The fourth-order valence-electron chi connectivity index (χ4n) is 3.91. The van der Waals surface area contributed by atoms with Gasteiger partial charge in [-0.05, 0) is 38.1 Å². The van der Waals surface area contributed by atoms with Gasteiger partial charge in [0.2, 0.25) is 5.91 Å². The number of hydrogen-bond donors (Lipinski definition) is 0.